The monoisotopic (exact) mass is 262 g/mol. The maximum absolute atomic E-state index is 12.3. The van der Waals surface area contributed by atoms with E-state index in [1.807, 2.05) is 0 Å². The summed E-state index contributed by atoms with van der Waals surface area (Å²) < 4.78 is 112. The molecular formula is C6H3F9O. The van der Waals surface area contributed by atoms with Gasteiger partial charge in [0.2, 0.25) is 5.60 Å². The second-order valence-electron chi connectivity index (χ2n) is 3.16. The Morgan fingerprint density at radius 3 is 1.56 bits per heavy atom. The molecular weight excluding hydrogens is 259 g/mol. The van der Waals surface area contributed by atoms with Crippen LogP contribution in [0.2, 0.25) is 0 Å². The molecule has 1 fully saturated rings. The van der Waals surface area contributed by atoms with Gasteiger partial charge in [0.15, 0.2) is 5.92 Å². The molecule has 16 heavy (non-hydrogen) atoms. The SMILES string of the molecule is FCC1(C(F)(F)F)OC(F)(F)C1C(F)(F)F. The minimum atomic E-state index is -5.91. The summed E-state index contributed by atoms with van der Waals surface area (Å²) in [5, 5.41) is 0. The molecule has 0 amide bonds. The number of hydrogen-bond donors (Lipinski definition) is 0. The van der Waals surface area contributed by atoms with Crippen LogP contribution in [0.1, 0.15) is 0 Å². The van der Waals surface area contributed by atoms with Crippen LogP contribution < -0.4 is 0 Å². The highest BCUT2D eigenvalue weighted by Gasteiger charge is 2.85. The number of hydrogen-bond acceptors (Lipinski definition) is 1. The highest BCUT2D eigenvalue weighted by atomic mass is 19.4. The first kappa shape index (κ1) is 13.4. The van der Waals surface area contributed by atoms with E-state index in [2.05, 4.69) is 4.74 Å². The first-order valence-electron chi connectivity index (χ1n) is 3.66. The van der Waals surface area contributed by atoms with Gasteiger partial charge in [-0.1, -0.05) is 0 Å². The van der Waals surface area contributed by atoms with Crippen molar-refractivity contribution in [2.45, 2.75) is 24.1 Å². The van der Waals surface area contributed by atoms with E-state index >= 15 is 0 Å². The average molecular weight is 262 g/mol. The molecule has 2 atom stereocenters. The molecule has 1 heterocycles. The Morgan fingerprint density at radius 2 is 1.44 bits per heavy atom. The standard InChI is InChI=1S/C6H3F9O/c7-1-3(6(13,14)15)2(4(8,9)10)5(11,12)16-3/h2H,1H2. The van der Waals surface area contributed by atoms with Crippen LogP contribution in [0, 0.1) is 5.92 Å². The molecule has 0 bridgehead atoms. The number of rotatable bonds is 1. The van der Waals surface area contributed by atoms with Crippen LogP contribution in [0.15, 0.2) is 0 Å². The van der Waals surface area contributed by atoms with Gasteiger partial charge in [-0.15, -0.1) is 0 Å². The molecule has 1 saturated heterocycles. The Balaban J connectivity index is 3.17. The van der Waals surface area contributed by atoms with Crippen molar-refractivity contribution < 1.29 is 44.3 Å². The van der Waals surface area contributed by atoms with E-state index in [0.717, 1.165) is 0 Å². The van der Waals surface area contributed by atoms with Gasteiger partial charge in [0.1, 0.15) is 6.67 Å². The maximum Gasteiger partial charge on any atom is 0.421 e. The van der Waals surface area contributed by atoms with Gasteiger partial charge in [-0.2, -0.15) is 35.1 Å². The lowest BCUT2D eigenvalue weighted by Crippen LogP contribution is -2.76. The number of ether oxygens (including phenoxy) is 1. The summed E-state index contributed by atoms with van der Waals surface area (Å²) in [6.45, 7) is -2.73. The summed E-state index contributed by atoms with van der Waals surface area (Å²) >= 11 is 0. The maximum atomic E-state index is 12.3. The van der Waals surface area contributed by atoms with E-state index in [1.54, 1.807) is 0 Å². The Labute approximate surface area is 82.2 Å². The molecule has 0 N–H and O–H groups in total. The molecule has 10 heteroatoms. The Morgan fingerprint density at radius 1 is 1.00 bits per heavy atom. The lowest BCUT2D eigenvalue weighted by atomic mass is 9.80. The summed E-state index contributed by atoms with van der Waals surface area (Å²) in [6, 6.07) is 0. The van der Waals surface area contributed by atoms with Gasteiger partial charge in [0.05, 0.1) is 0 Å². The first-order chi connectivity index (χ1) is 6.88. The van der Waals surface area contributed by atoms with Gasteiger partial charge in [-0.25, -0.2) is 4.39 Å². The van der Waals surface area contributed by atoms with E-state index in [0.29, 0.717) is 0 Å². The Bertz CT molecular complexity index is 269. The van der Waals surface area contributed by atoms with E-state index in [4.69, 9.17) is 0 Å². The molecule has 0 saturated carbocycles. The van der Waals surface area contributed by atoms with Crippen LogP contribution in [0.25, 0.3) is 0 Å². The summed E-state index contributed by atoms with van der Waals surface area (Å²) in [6.07, 6.45) is -16.9. The van der Waals surface area contributed by atoms with Gasteiger partial charge in [0, 0.05) is 0 Å². The van der Waals surface area contributed by atoms with Crippen LogP contribution in [-0.2, 0) is 4.74 Å². The average Bonchev–Trinajstić information content (AvgIpc) is 1.93. The zero-order chi connectivity index (χ0) is 13.0. The summed E-state index contributed by atoms with van der Waals surface area (Å²) in [5.74, 6) is -4.22. The number of alkyl halides is 9. The van der Waals surface area contributed by atoms with Crippen molar-refractivity contribution in [2.24, 2.45) is 5.92 Å². The molecule has 1 nitrogen and oxygen atoms in total. The minimum absolute atomic E-state index is 2.73. The highest BCUT2D eigenvalue weighted by Crippen LogP contribution is 2.62. The lowest BCUT2D eigenvalue weighted by Gasteiger charge is -2.52. The zero-order valence-corrected chi connectivity index (χ0v) is 7.09. The third-order valence-corrected chi connectivity index (χ3v) is 2.13. The first-order valence-corrected chi connectivity index (χ1v) is 3.66. The highest BCUT2D eigenvalue weighted by molar-refractivity contribution is 5.09. The van der Waals surface area contributed by atoms with Gasteiger partial charge >= 0.3 is 18.5 Å². The normalized spacial score (nSPS) is 34.7. The summed E-state index contributed by atoms with van der Waals surface area (Å²) in [5.41, 5.74) is -4.51. The fourth-order valence-electron chi connectivity index (χ4n) is 1.43. The Kier molecular flexibility index (Phi) is 2.66. The molecule has 2 unspecified atom stereocenters. The van der Waals surface area contributed by atoms with Crippen molar-refractivity contribution in [3.63, 3.8) is 0 Å². The molecule has 0 spiro atoms. The lowest BCUT2D eigenvalue weighted by molar-refractivity contribution is -0.531. The molecule has 1 rings (SSSR count). The molecule has 96 valence electrons. The van der Waals surface area contributed by atoms with Crippen molar-refractivity contribution in [3.8, 4) is 0 Å². The Hall–Kier alpha value is -0.670. The van der Waals surface area contributed by atoms with Crippen LogP contribution in [-0.4, -0.2) is 30.7 Å². The topological polar surface area (TPSA) is 9.23 Å². The molecule has 0 aromatic heterocycles. The van der Waals surface area contributed by atoms with E-state index in [9.17, 15) is 39.5 Å². The van der Waals surface area contributed by atoms with Gasteiger partial charge in [0.25, 0.3) is 0 Å². The quantitative estimate of drug-likeness (QED) is 0.660. The predicted octanol–water partition coefficient (Wildman–Crippen LogP) is 3.06. The summed E-state index contributed by atoms with van der Waals surface area (Å²) in [4.78, 5) is 0. The molecule has 0 aliphatic carbocycles. The van der Waals surface area contributed by atoms with Gasteiger partial charge in [-0.05, 0) is 0 Å². The van der Waals surface area contributed by atoms with Crippen molar-refractivity contribution in [1.82, 2.24) is 0 Å². The molecule has 1 aliphatic rings. The van der Waals surface area contributed by atoms with Crippen LogP contribution in [0.3, 0.4) is 0 Å². The smallest absolute Gasteiger partial charge is 0.300 e. The fourth-order valence-corrected chi connectivity index (χ4v) is 1.43. The van der Waals surface area contributed by atoms with E-state index in [1.165, 1.54) is 0 Å². The third kappa shape index (κ3) is 1.62. The van der Waals surface area contributed by atoms with Crippen molar-refractivity contribution in [2.75, 3.05) is 6.67 Å². The van der Waals surface area contributed by atoms with Crippen molar-refractivity contribution in [3.05, 3.63) is 0 Å². The second kappa shape index (κ2) is 3.17. The van der Waals surface area contributed by atoms with Crippen LogP contribution >= 0.6 is 0 Å². The summed E-state index contributed by atoms with van der Waals surface area (Å²) in [7, 11) is 0. The minimum Gasteiger partial charge on any atom is -0.300 e. The zero-order valence-electron chi connectivity index (χ0n) is 7.09. The van der Waals surface area contributed by atoms with E-state index in [-0.39, 0.29) is 0 Å². The van der Waals surface area contributed by atoms with Crippen molar-refractivity contribution in [1.29, 1.82) is 0 Å². The molecule has 0 aromatic rings. The van der Waals surface area contributed by atoms with Gasteiger partial charge in [-0.3, -0.25) is 4.74 Å². The molecule has 0 aromatic carbocycles. The fraction of sp³-hybridized carbons (Fsp3) is 1.00. The molecule has 0 radical (unpaired) electrons. The van der Waals surface area contributed by atoms with Crippen molar-refractivity contribution >= 4 is 0 Å². The predicted molar refractivity (Wildman–Crippen MR) is 30.3 cm³/mol. The van der Waals surface area contributed by atoms with Crippen LogP contribution in [0.4, 0.5) is 39.5 Å². The van der Waals surface area contributed by atoms with Gasteiger partial charge < -0.3 is 0 Å². The largest absolute Gasteiger partial charge is 0.421 e. The third-order valence-electron chi connectivity index (χ3n) is 2.13. The molecule has 1 aliphatic heterocycles. The van der Waals surface area contributed by atoms with Crippen LogP contribution in [0.5, 0.6) is 0 Å². The second-order valence-corrected chi connectivity index (χ2v) is 3.16. The van der Waals surface area contributed by atoms with E-state index < -0.39 is 36.7 Å². The number of halogens is 9.